The molecule has 0 atom stereocenters. The van der Waals surface area contributed by atoms with Crippen molar-refractivity contribution in [1.29, 1.82) is 0 Å². The van der Waals surface area contributed by atoms with Crippen LogP contribution in [0.1, 0.15) is 32.1 Å². The highest BCUT2D eigenvalue weighted by Crippen LogP contribution is 1.97. The van der Waals surface area contributed by atoms with Crippen molar-refractivity contribution in [1.82, 2.24) is 0 Å². The number of unbranched alkanes of at least 4 members (excludes halogenated alkanes) is 2. The van der Waals surface area contributed by atoms with Gasteiger partial charge in [0.15, 0.2) is 0 Å². The van der Waals surface area contributed by atoms with Crippen molar-refractivity contribution in [2.24, 2.45) is 0 Å². The molecule has 0 rings (SSSR count). The lowest BCUT2D eigenvalue weighted by Crippen LogP contribution is -1.79. The number of aliphatic hydroxyl groups is 1. The van der Waals surface area contributed by atoms with E-state index in [1.165, 1.54) is 0 Å². The fourth-order valence-corrected chi connectivity index (χ4v) is 1.21. The van der Waals surface area contributed by atoms with Crippen LogP contribution in [0.4, 0.5) is 0 Å². The molecule has 0 aliphatic heterocycles. The maximum atomic E-state index is 8.53. The first-order valence-electron chi connectivity index (χ1n) is 4.88. The molecule has 0 aliphatic rings. The van der Waals surface area contributed by atoms with Gasteiger partial charge in [0.2, 0.25) is 0 Å². The average molecular weight is 247 g/mol. The lowest BCUT2D eigenvalue weighted by atomic mass is 10.2. The van der Waals surface area contributed by atoms with Gasteiger partial charge < -0.3 is 5.11 Å². The highest BCUT2D eigenvalue weighted by Gasteiger charge is 1.81. The Labute approximate surface area is 89.7 Å². The van der Waals surface area contributed by atoms with Crippen LogP contribution < -0.4 is 0 Å². The summed E-state index contributed by atoms with van der Waals surface area (Å²) in [7, 11) is 0. The number of halogens is 1. The van der Waals surface area contributed by atoms with Crippen molar-refractivity contribution in [2.75, 3.05) is 11.9 Å². The van der Waals surface area contributed by atoms with Gasteiger partial charge in [-0.15, -0.1) is 0 Å². The van der Waals surface area contributed by atoms with Gasteiger partial charge >= 0.3 is 0 Å². The molecule has 0 heterocycles. The zero-order valence-electron chi connectivity index (χ0n) is 8.08. The molecule has 1 nitrogen and oxygen atoms in total. The van der Waals surface area contributed by atoms with Crippen LogP contribution in [0.2, 0.25) is 0 Å². The minimum Gasteiger partial charge on any atom is -0.396 e. The normalized spacial score (nSPS) is 11.8. The Hall–Kier alpha value is -0.0800. The van der Waals surface area contributed by atoms with E-state index >= 15 is 0 Å². The number of allylic oxidation sites excluding steroid dienone is 4. The Morgan fingerprint density at radius 1 is 0.923 bits per heavy atom. The lowest BCUT2D eigenvalue weighted by Gasteiger charge is -1.90. The molecule has 0 saturated heterocycles. The maximum absolute atomic E-state index is 8.53. The van der Waals surface area contributed by atoms with Gasteiger partial charge in [0.1, 0.15) is 0 Å². The monoisotopic (exact) mass is 246 g/mol. The van der Waals surface area contributed by atoms with Gasteiger partial charge in [-0.25, -0.2) is 0 Å². The van der Waals surface area contributed by atoms with Crippen LogP contribution in [0.3, 0.4) is 0 Å². The summed E-state index contributed by atoms with van der Waals surface area (Å²) < 4.78 is 0. The van der Waals surface area contributed by atoms with E-state index in [0.29, 0.717) is 6.61 Å². The average Bonchev–Trinajstić information content (AvgIpc) is 2.16. The van der Waals surface area contributed by atoms with E-state index in [0.717, 1.165) is 37.4 Å². The van der Waals surface area contributed by atoms with Crippen molar-refractivity contribution in [3.05, 3.63) is 24.3 Å². The van der Waals surface area contributed by atoms with Gasteiger partial charge in [0.05, 0.1) is 0 Å². The maximum Gasteiger partial charge on any atom is 0.0431 e. The van der Waals surface area contributed by atoms with Crippen molar-refractivity contribution in [3.8, 4) is 0 Å². The fourth-order valence-electron chi connectivity index (χ4n) is 0.944. The summed E-state index contributed by atoms with van der Waals surface area (Å²) in [6.07, 6.45) is 14.0. The van der Waals surface area contributed by atoms with E-state index in [1.807, 2.05) is 0 Å². The predicted molar refractivity (Wildman–Crippen MR) is 62.2 cm³/mol. The van der Waals surface area contributed by atoms with Crippen LogP contribution in [-0.4, -0.2) is 17.0 Å². The summed E-state index contributed by atoms with van der Waals surface area (Å²) in [6.45, 7) is 0.318. The highest BCUT2D eigenvalue weighted by molar-refractivity contribution is 9.09. The van der Waals surface area contributed by atoms with Crippen molar-refractivity contribution in [3.63, 3.8) is 0 Å². The minimum absolute atomic E-state index is 0.318. The molecule has 0 spiro atoms. The zero-order valence-corrected chi connectivity index (χ0v) is 9.67. The van der Waals surface area contributed by atoms with Crippen LogP contribution in [-0.2, 0) is 0 Å². The van der Waals surface area contributed by atoms with Gasteiger partial charge in [0.25, 0.3) is 0 Å². The largest absolute Gasteiger partial charge is 0.396 e. The van der Waals surface area contributed by atoms with E-state index < -0.39 is 0 Å². The van der Waals surface area contributed by atoms with Crippen LogP contribution in [0.15, 0.2) is 24.3 Å². The second-order valence-electron chi connectivity index (χ2n) is 2.88. The first-order chi connectivity index (χ1) is 6.41. The molecular weight excluding hydrogens is 228 g/mol. The Morgan fingerprint density at radius 2 is 1.62 bits per heavy atom. The summed E-state index contributed by atoms with van der Waals surface area (Å²) in [6, 6.07) is 0. The van der Waals surface area contributed by atoms with Gasteiger partial charge in [-0.2, -0.15) is 0 Å². The van der Waals surface area contributed by atoms with Crippen molar-refractivity contribution >= 4 is 15.9 Å². The predicted octanol–water partition coefficient (Wildman–Crippen LogP) is 3.44. The third-order valence-electron chi connectivity index (χ3n) is 1.66. The van der Waals surface area contributed by atoms with E-state index in [4.69, 9.17) is 5.11 Å². The smallest absolute Gasteiger partial charge is 0.0431 e. The van der Waals surface area contributed by atoms with Crippen molar-refractivity contribution in [2.45, 2.75) is 32.1 Å². The lowest BCUT2D eigenvalue weighted by molar-refractivity contribution is 0.285. The molecule has 13 heavy (non-hydrogen) atoms. The summed E-state index contributed by atoms with van der Waals surface area (Å²) in [5.74, 6) is 0. The molecular formula is C11H19BrO. The Bertz CT molecular complexity index is 141. The SMILES string of the molecule is OCCCC/C=C\C/C=C\CCBr. The summed E-state index contributed by atoms with van der Waals surface area (Å²) in [5.41, 5.74) is 0. The summed E-state index contributed by atoms with van der Waals surface area (Å²) in [5, 5.41) is 9.57. The quantitative estimate of drug-likeness (QED) is 0.396. The van der Waals surface area contributed by atoms with Crippen LogP contribution in [0, 0.1) is 0 Å². The third-order valence-corrected chi connectivity index (χ3v) is 2.12. The number of hydrogen-bond acceptors (Lipinski definition) is 1. The Morgan fingerprint density at radius 3 is 2.23 bits per heavy atom. The molecule has 0 fully saturated rings. The second-order valence-corrected chi connectivity index (χ2v) is 3.67. The molecule has 1 N–H and O–H groups in total. The molecule has 0 aliphatic carbocycles. The number of hydrogen-bond donors (Lipinski definition) is 1. The van der Waals surface area contributed by atoms with E-state index in [2.05, 4.69) is 40.2 Å². The van der Waals surface area contributed by atoms with Gasteiger partial charge in [-0.05, 0) is 32.1 Å². The molecule has 0 radical (unpaired) electrons. The molecule has 0 aromatic carbocycles. The standard InChI is InChI=1S/C11H19BrO/c12-10-8-6-4-2-1-3-5-7-9-11-13/h1,3-4,6,13H,2,5,7-11H2/b3-1-,6-4-. The third kappa shape index (κ3) is 11.9. The molecule has 0 saturated carbocycles. The Kier molecular flexibility index (Phi) is 11.8. The molecule has 76 valence electrons. The molecule has 0 bridgehead atoms. The molecule has 2 heteroatoms. The number of aliphatic hydroxyl groups excluding tert-OH is 1. The molecule has 0 aromatic rings. The number of rotatable bonds is 8. The Balaban J connectivity index is 3.11. The molecule has 0 aromatic heterocycles. The first kappa shape index (κ1) is 12.9. The van der Waals surface area contributed by atoms with E-state index in [9.17, 15) is 0 Å². The van der Waals surface area contributed by atoms with Gasteiger partial charge in [0, 0.05) is 11.9 Å². The summed E-state index contributed by atoms with van der Waals surface area (Å²) in [4.78, 5) is 0. The van der Waals surface area contributed by atoms with Gasteiger partial charge in [-0.1, -0.05) is 40.2 Å². The second kappa shape index (κ2) is 11.9. The fraction of sp³-hybridized carbons (Fsp3) is 0.636. The highest BCUT2D eigenvalue weighted by atomic mass is 79.9. The summed E-state index contributed by atoms with van der Waals surface area (Å²) >= 11 is 3.37. The number of alkyl halides is 1. The van der Waals surface area contributed by atoms with Crippen LogP contribution in [0.5, 0.6) is 0 Å². The topological polar surface area (TPSA) is 20.2 Å². The molecule has 0 amide bonds. The molecule has 0 unspecified atom stereocenters. The van der Waals surface area contributed by atoms with E-state index in [1.54, 1.807) is 0 Å². The first-order valence-corrected chi connectivity index (χ1v) is 6.00. The van der Waals surface area contributed by atoms with Gasteiger partial charge in [-0.3, -0.25) is 0 Å². The van der Waals surface area contributed by atoms with Crippen molar-refractivity contribution < 1.29 is 5.11 Å². The minimum atomic E-state index is 0.318. The van der Waals surface area contributed by atoms with Crippen LogP contribution >= 0.6 is 15.9 Å². The van der Waals surface area contributed by atoms with Crippen LogP contribution in [0.25, 0.3) is 0 Å². The zero-order chi connectivity index (χ0) is 9.78. The van der Waals surface area contributed by atoms with E-state index in [-0.39, 0.29) is 0 Å².